The highest BCUT2D eigenvalue weighted by Crippen LogP contribution is 2.09. The number of rotatable bonds is 1. The van der Waals surface area contributed by atoms with E-state index >= 15 is 0 Å². The molecule has 51 valence electrons. The minimum Gasteiger partial charge on any atom is -0.295 e. The van der Waals surface area contributed by atoms with Gasteiger partial charge in [-0.2, -0.15) is 0 Å². The van der Waals surface area contributed by atoms with Gasteiger partial charge in [0.25, 0.3) is 0 Å². The topological polar surface area (TPSA) is 20.3 Å². The van der Waals surface area contributed by atoms with Gasteiger partial charge in [0.1, 0.15) is 0 Å². The Morgan fingerprint density at radius 1 is 1.78 bits per heavy atom. The molecular formula is C6H10NOS. The lowest BCUT2D eigenvalue weighted by molar-refractivity contribution is -0.112. The highest BCUT2D eigenvalue weighted by Gasteiger charge is 2.14. The van der Waals surface area contributed by atoms with E-state index in [1.54, 1.807) is 0 Å². The van der Waals surface area contributed by atoms with Crippen LogP contribution in [0.2, 0.25) is 0 Å². The van der Waals surface area contributed by atoms with Gasteiger partial charge >= 0.3 is 0 Å². The molecule has 0 N–H and O–H groups in total. The van der Waals surface area contributed by atoms with Crippen molar-refractivity contribution in [3.8, 4) is 0 Å². The molecule has 0 unspecified atom stereocenters. The van der Waals surface area contributed by atoms with Gasteiger partial charge in [-0.3, -0.25) is 9.69 Å². The minimum atomic E-state index is 0.282. The Balaban J connectivity index is 2.32. The molecule has 1 aliphatic rings. The summed E-state index contributed by atoms with van der Waals surface area (Å²) in [5, 5.41) is 0.282. The van der Waals surface area contributed by atoms with E-state index in [1.807, 2.05) is 0 Å². The Morgan fingerprint density at radius 2 is 2.56 bits per heavy atom. The van der Waals surface area contributed by atoms with Gasteiger partial charge in [0.2, 0.25) is 5.12 Å². The maximum atomic E-state index is 10.7. The summed E-state index contributed by atoms with van der Waals surface area (Å²) in [5.41, 5.74) is 0. The van der Waals surface area contributed by atoms with Gasteiger partial charge in [-0.15, -0.1) is 0 Å². The third kappa shape index (κ3) is 1.99. The number of thioether (sulfide) groups is 1. The first kappa shape index (κ1) is 7.09. The largest absolute Gasteiger partial charge is 0.295 e. The zero-order valence-electron chi connectivity index (χ0n) is 5.30. The van der Waals surface area contributed by atoms with E-state index in [9.17, 15) is 4.79 Å². The molecule has 0 aromatic carbocycles. The summed E-state index contributed by atoms with van der Waals surface area (Å²) >= 11 is 1.43. The van der Waals surface area contributed by atoms with Gasteiger partial charge in [-0.1, -0.05) is 11.8 Å². The van der Waals surface area contributed by atoms with Crippen LogP contribution in [-0.4, -0.2) is 35.4 Å². The summed E-state index contributed by atoms with van der Waals surface area (Å²) in [4.78, 5) is 12.8. The van der Waals surface area contributed by atoms with Crippen LogP contribution in [-0.2, 0) is 4.79 Å². The molecule has 0 amide bonds. The van der Waals surface area contributed by atoms with E-state index in [1.165, 1.54) is 11.8 Å². The van der Waals surface area contributed by atoms with Crippen LogP contribution in [0, 0.1) is 6.92 Å². The standard InChI is InChI=1S/C6H10NOS/c1-2-7-3-4-9-6(8)5-7/h1-5H2. The predicted octanol–water partition coefficient (Wildman–Crippen LogP) is 0.396. The summed E-state index contributed by atoms with van der Waals surface area (Å²) in [6.07, 6.45) is 0. The molecule has 0 saturated carbocycles. The van der Waals surface area contributed by atoms with E-state index in [-0.39, 0.29) is 5.12 Å². The van der Waals surface area contributed by atoms with Crippen molar-refractivity contribution in [2.45, 2.75) is 0 Å². The summed E-state index contributed by atoms with van der Waals surface area (Å²) in [5.74, 6) is 0.939. The Morgan fingerprint density at radius 3 is 3.00 bits per heavy atom. The summed E-state index contributed by atoms with van der Waals surface area (Å²) in [7, 11) is 0. The first-order valence-corrected chi connectivity index (χ1v) is 3.98. The molecule has 0 aromatic rings. The third-order valence-electron chi connectivity index (χ3n) is 1.34. The fourth-order valence-electron chi connectivity index (χ4n) is 0.787. The van der Waals surface area contributed by atoms with E-state index in [2.05, 4.69) is 11.8 Å². The molecule has 0 spiro atoms. The van der Waals surface area contributed by atoms with Crippen molar-refractivity contribution in [1.29, 1.82) is 0 Å². The lowest BCUT2D eigenvalue weighted by Crippen LogP contribution is -2.35. The maximum Gasteiger partial charge on any atom is 0.202 e. The first-order valence-electron chi connectivity index (χ1n) is 3.00. The summed E-state index contributed by atoms with van der Waals surface area (Å²) < 4.78 is 0. The lowest BCUT2D eigenvalue weighted by Gasteiger charge is -2.22. The zero-order valence-corrected chi connectivity index (χ0v) is 6.12. The Labute approximate surface area is 59.6 Å². The third-order valence-corrected chi connectivity index (χ3v) is 2.18. The fourth-order valence-corrected chi connectivity index (χ4v) is 1.64. The summed E-state index contributed by atoms with van der Waals surface area (Å²) in [6.45, 7) is 6.07. The van der Waals surface area contributed by atoms with Crippen LogP contribution in [0.15, 0.2) is 0 Å². The van der Waals surface area contributed by atoms with Gasteiger partial charge in [-0.05, 0) is 13.5 Å². The second-order valence-electron chi connectivity index (χ2n) is 2.00. The van der Waals surface area contributed by atoms with E-state index in [0.717, 1.165) is 18.8 Å². The van der Waals surface area contributed by atoms with Crippen molar-refractivity contribution in [1.82, 2.24) is 4.90 Å². The van der Waals surface area contributed by atoms with Crippen LogP contribution in [0.1, 0.15) is 0 Å². The van der Waals surface area contributed by atoms with E-state index in [0.29, 0.717) is 6.54 Å². The Bertz CT molecular complexity index is 116. The van der Waals surface area contributed by atoms with Crippen LogP contribution in [0.5, 0.6) is 0 Å². The first-order chi connectivity index (χ1) is 4.33. The molecule has 1 rings (SSSR count). The van der Waals surface area contributed by atoms with Gasteiger partial charge in [0, 0.05) is 12.3 Å². The van der Waals surface area contributed by atoms with Gasteiger partial charge in [0.05, 0.1) is 6.54 Å². The molecule has 0 atom stereocenters. The number of carbonyl (C=O) groups excluding carboxylic acids is 1. The second-order valence-corrected chi connectivity index (χ2v) is 3.15. The van der Waals surface area contributed by atoms with Crippen molar-refractivity contribution in [2.24, 2.45) is 0 Å². The van der Waals surface area contributed by atoms with Crippen molar-refractivity contribution in [3.63, 3.8) is 0 Å². The molecular weight excluding hydrogens is 134 g/mol. The monoisotopic (exact) mass is 144 g/mol. The maximum absolute atomic E-state index is 10.7. The van der Waals surface area contributed by atoms with Crippen molar-refractivity contribution in [3.05, 3.63) is 6.92 Å². The normalized spacial score (nSPS) is 22.6. The fraction of sp³-hybridized carbons (Fsp3) is 0.667. The molecule has 1 aliphatic heterocycles. The van der Waals surface area contributed by atoms with Crippen molar-refractivity contribution in [2.75, 3.05) is 25.4 Å². The van der Waals surface area contributed by atoms with Crippen LogP contribution in [0.4, 0.5) is 0 Å². The molecule has 0 aliphatic carbocycles. The van der Waals surface area contributed by atoms with E-state index in [4.69, 9.17) is 0 Å². The Kier molecular flexibility index (Phi) is 2.54. The van der Waals surface area contributed by atoms with Crippen LogP contribution in [0.3, 0.4) is 0 Å². The smallest absolute Gasteiger partial charge is 0.202 e. The average Bonchev–Trinajstić information content (AvgIpc) is 1.88. The number of carbonyl (C=O) groups is 1. The SMILES string of the molecule is [CH2]CN1CCSC(=O)C1. The lowest BCUT2D eigenvalue weighted by atomic mass is 10.5. The second kappa shape index (κ2) is 3.22. The molecule has 9 heavy (non-hydrogen) atoms. The molecule has 1 saturated heterocycles. The predicted molar refractivity (Wildman–Crippen MR) is 39.3 cm³/mol. The quantitative estimate of drug-likeness (QED) is 0.531. The van der Waals surface area contributed by atoms with Gasteiger partial charge in [-0.25, -0.2) is 0 Å². The highest BCUT2D eigenvalue weighted by molar-refractivity contribution is 8.13. The van der Waals surface area contributed by atoms with E-state index < -0.39 is 0 Å². The molecule has 1 heterocycles. The highest BCUT2D eigenvalue weighted by atomic mass is 32.2. The van der Waals surface area contributed by atoms with Crippen molar-refractivity contribution < 1.29 is 4.79 Å². The minimum absolute atomic E-state index is 0.282. The zero-order chi connectivity index (χ0) is 6.69. The molecule has 1 radical (unpaired) electrons. The number of hydrogen-bond acceptors (Lipinski definition) is 3. The van der Waals surface area contributed by atoms with Crippen LogP contribution in [0.25, 0.3) is 0 Å². The van der Waals surface area contributed by atoms with Crippen LogP contribution >= 0.6 is 11.8 Å². The summed E-state index contributed by atoms with van der Waals surface area (Å²) in [6, 6.07) is 0. The Hall–Kier alpha value is -0.0200. The van der Waals surface area contributed by atoms with Gasteiger partial charge in [0.15, 0.2) is 0 Å². The average molecular weight is 144 g/mol. The molecule has 0 bridgehead atoms. The molecule has 1 fully saturated rings. The van der Waals surface area contributed by atoms with Crippen molar-refractivity contribution >= 4 is 16.9 Å². The van der Waals surface area contributed by atoms with Gasteiger partial charge < -0.3 is 0 Å². The van der Waals surface area contributed by atoms with Crippen LogP contribution < -0.4 is 0 Å². The molecule has 2 nitrogen and oxygen atoms in total. The number of hydrogen-bond donors (Lipinski definition) is 0. The molecule has 0 aromatic heterocycles. The number of nitrogens with zero attached hydrogens (tertiary/aromatic N) is 1. The molecule has 3 heteroatoms.